The number of rotatable bonds is 5. The van der Waals surface area contributed by atoms with Gasteiger partial charge in [-0.15, -0.1) is 0 Å². The van der Waals surface area contributed by atoms with Gasteiger partial charge in [0.2, 0.25) is 0 Å². The molecular weight excluding hydrogens is 201 g/mol. The maximum atomic E-state index is 11.7. The van der Waals surface area contributed by atoms with Crippen LogP contribution in [0.4, 0.5) is 0 Å². The summed E-state index contributed by atoms with van der Waals surface area (Å²) in [6.07, 6.45) is 2.66. The molecule has 0 aliphatic carbocycles. The predicted molar refractivity (Wildman–Crippen MR) is 54.4 cm³/mol. The molecule has 1 aromatic heterocycles. The highest BCUT2D eigenvalue weighted by atomic mass is 31.2. The Labute approximate surface area is 83.8 Å². The van der Waals surface area contributed by atoms with Crippen molar-refractivity contribution < 1.29 is 13.6 Å². The van der Waals surface area contributed by atoms with Gasteiger partial charge < -0.3 is 9.05 Å². The molecule has 0 amide bonds. The number of nitrogens with zero attached hydrogens (tertiary/aromatic N) is 1. The summed E-state index contributed by atoms with van der Waals surface area (Å²) >= 11 is 0. The Balaban J connectivity index is 2.52. The smallest absolute Gasteiger partial charge is 0.312 e. The van der Waals surface area contributed by atoms with E-state index >= 15 is 0 Å². The van der Waals surface area contributed by atoms with Crippen molar-refractivity contribution in [2.45, 2.75) is 6.42 Å². The Morgan fingerprint density at radius 1 is 1.36 bits per heavy atom. The van der Waals surface area contributed by atoms with Gasteiger partial charge in [-0.3, -0.25) is 9.55 Å². The van der Waals surface area contributed by atoms with Crippen LogP contribution in [0.25, 0.3) is 0 Å². The van der Waals surface area contributed by atoms with E-state index in [9.17, 15) is 4.57 Å². The van der Waals surface area contributed by atoms with Crippen LogP contribution < -0.4 is 0 Å². The fraction of sp³-hybridized carbons (Fsp3) is 0.444. The monoisotopic (exact) mass is 215 g/mol. The van der Waals surface area contributed by atoms with E-state index in [1.807, 2.05) is 18.2 Å². The molecule has 14 heavy (non-hydrogen) atoms. The second-order valence-corrected chi connectivity index (χ2v) is 5.17. The minimum Gasteiger partial charge on any atom is -0.312 e. The Bertz CT molecular complexity index is 307. The van der Waals surface area contributed by atoms with E-state index in [-0.39, 0.29) is 0 Å². The summed E-state index contributed by atoms with van der Waals surface area (Å²) in [5.41, 5.74) is 0.891. The van der Waals surface area contributed by atoms with Crippen molar-refractivity contribution in [1.29, 1.82) is 0 Å². The van der Waals surface area contributed by atoms with Crippen molar-refractivity contribution in [3.63, 3.8) is 0 Å². The summed E-state index contributed by atoms with van der Waals surface area (Å²) in [4.78, 5) is 4.12. The minimum atomic E-state index is -2.89. The predicted octanol–water partition coefficient (Wildman–Crippen LogP) is 2.11. The summed E-state index contributed by atoms with van der Waals surface area (Å²) < 4.78 is 21.3. The van der Waals surface area contributed by atoms with Gasteiger partial charge in [-0.05, 0) is 12.1 Å². The highest BCUT2D eigenvalue weighted by Crippen LogP contribution is 2.46. The molecule has 0 aliphatic heterocycles. The van der Waals surface area contributed by atoms with Gasteiger partial charge in [0.25, 0.3) is 0 Å². The van der Waals surface area contributed by atoms with Gasteiger partial charge in [0.1, 0.15) is 0 Å². The Hall–Kier alpha value is -0.700. The van der Waals surface area contributed by atoms with Crippen molar-refractivity contribution in [2.24, 2.45) is 0 Å². The van der Waals surface area contributed by atoms with Gasteiger partial charge in [-0.1, -0.05) is 6.07 Å². The molecule has 0 aromatic carbocycles. The zero-order chi connectivity index (χ0) is 10.4. The molecule has 0 N–H and O–H groups in total. The molecule has 0 spiro atoms. The fourth-order valence-electron chi connectivity index (χ4n) is 1.05. The maximum absolute atomic E-state index is 11.7. The number of aryl methyl sites for hydroxylation is 1. The molecule has 0 saturated heterocycles. The Kier molecular flexibility index (Phi) is 4.26. The third kappa shape index (κ3) is 3.22. The normalized spacial score (nSPS) is 11.6. The van der Waals surface area contributed by atoms with E-state index in [0.29, 0.717) is 12.6 Å². The van der Waals surface area contributed by atoms with Gasteiger partial charge in [-0.2, -0.15) is 0 Å². The molecule has 0 radical (unpaired) electrons. The molecule has 1 aromatic rings. The molecule has 0 saturated carbocycles. The van der Waals surface area contributed by atoms with Gasteiger partial charge in [0.15, 0.2) is 0 Å². The average molecular weight is 215 g/mol. The van der Waals surface area contributed by atoms with E-state index < -0.39 is 7.60 Å². The lowest BCUT2D eigenvalue weighted by atomic mass is 10.3. The van der Waals surface area contributed by atoms with Crippen molar-refractivity contribution in [1.82, 2.24) is 4.98 Å². The lowest BCUT2D eigenvalue weighted by molar-refractivity contribution is 0.276. The van der Waals surface area contributed by atoms with Crippen LogP contribution in [0.3, 0.4) is 0 Å². The van der Waals surface area contributed by atoms with Crippen molar-refractivity contribution >= 4 is 7.60 Å². The van der Waals surface area contributed by atoms with Crippen LogP contribution in [0.5, 0.6) is 0 Å². The van der Waals surface area contributed by atoms with Crippen LogP contribution in [0, 0.1) is 0 Å². The standard InChI is InChI=1S/C9H14NO3P/c1-12-14(11,13-2)8-6-9-5-3-4-7-10-9/h3-5,7H,6,8H2,1-2H3. The summed E-state index contributed by atoms with van der Waals surface area (Å²) in [5, 5.41) is 0. The summed E-state index contributed by atoms with van der Waals surface area (Å²) in [5.74, 6) is 0. The number of hydrogen-bond donors (Lipinski definition) is 0. The Morgan fingerprint density at radius 2 is 2.07 bits per heavy atom. The number of hydrogen-bond acceptors (Lipinski definition) is 4. The van der Waals surface area contributed by atoms with E-state index in [1.165, 1.54) is 14.2 Å². The van der Waals surface area contributed by atoms with Crippen LogP contribution in [-0.4, -0.2) is 25.4 Å². The third-order valence-electron chi connectivity index (χ3n) is 1.92. The summed E-state index contributed by atoms with van der Waals surface area (Å²) in [6.45, 7) is 0. The van der Waals surface area contributed by atoms with Gasteiger partial charge >= 0.3 is 7.60 Å². The highest BCUT2D eigenvalue weighted by Gasteiger charge is 2.20. The minimum absolute atomic E-state index is 0.358. The number of pyridine rings is 1. The van der Waals surface area contributed by atoms with Crippen LogP contribution in [0.2, 0.25) is 0 Å². The average Bonchev–Trinajstić information content (AvgIpc) is 2.27. The highest BCUT2D eigenvalue weighted by molar-refractivity contribution is 7.53. The maximum Gasteiger partial charge on any atom is 0.330 e. The first-order valence-electron chi connectivity index (χ1n) is 4.30. The van der Waals surface area contributed by atoms with Crippen molar-refractivity contribution in [3.8, 4) is 0 Å². The van der Waals surface area contributed by atoms with Crippen molar-refractivity contribution in [3.05, 3.63) is 30.1 Å². The molecule has 0 fully saturated rings. The fourth-order valence-corrected chi connectivity index (χ4v) is 2.07. The molecule has 5 heteroatoms. The molecule has 0 bridgehead atoms. The first-order chi connectivity index (χ1) is 6.70. The summed E-state index contributed by atoms with van der Waals surface area (Å²) in [6, 6.07) is 5.62. The SMILES string of the molecule is COP(=O)(CCc1ccccn1)OC. The molecule has 0 unspecified atom stereocenters. The lowest BCUT2D eigenvalue weighted by Crippen LogP contribution is -1.99. The number of aromatic nitrogens is 1. The topological polar surface area (TPSA) is 48.4 Å². The van der Waals surface area contributed by atoms with E-state index in [2.05, 4.69) is 4.98 Å². The second-order valence-electron chi connectivity index (χ2n) is 2.77. The van der Waals surface area contributed by atoms with Gasteiger partial charge in [0.05, 0.1) is 6.16 Å². The summed E-state index contributed by atoms with van der Waals surface area (Å²) in [7, 11) is -0.103. The zero-order valence-electron chi connectivity index (χ0n) is 8.34. The van der Waals surface area contributed by atoms with Crippen molar-refractivity contribution in [2.75, 3.05) is 20.4 Å². The van der Waals surface area contributed by atoms with Crippen LogP contribution in [-0.2, 0) is 20.0 Å². The first-order valence-corrected chi connectivity index (χ1v) is 6.03. The zero-order valence-corrected chi connectivity index (χ0v) is 9.24. The third-order valence-corrected chi connectivity index (χ3v) is 3.81. The van der Waals surface area contributed by atoms with Gasteiger partial charge in [0, 0.05) is 32.5 Å². The molecule has 1 heterocycles. The Morgan fingerprint density at radius 3 is 2.57 bits per heavy atom. The van der Waals surface area contributed by atoms with E-state index in [4.69, 9.17) is 9.05 Å². The van der Waals surface area contributed by atoms with E-state index in [0.717, 1.165) is 5.69 Å². The molecule has 1 rings (SSSR count). The van der Waals surface area contributed by atoms with E-state index in [1.54, 1.807) is 6.20 Å². The second kappa shape index (κ2) is 5.25. The lowest BCUT2D eigenvalue weighted by Gasteiger charge is -2.12. The molecule has 4 nitrogen and oxygen atoms in total. The quantitative estimate of drug-likeness (QED) is 0.706. The first kappa shape index (κ1) is 11.4. The molecule has 0 atom stereocenters. The largest absolute Gasteiger partial charge is 0.330 e. The van der Waals surface area contributed by atoms with Crippen LogP contribution in [0.1, 0.15) is 5.69 Å². The molecular formula is C9H14NO3P. The van der Waals surface area contributed by atoms with Crippen LogP contribution >= 0.6 is 7.60 Å². The van der Waals surface area contributed by atoms with Crippen LogP contribution in [0.15, 0.2) is 24.4 Å². The van der Waals surface area contributed by atoms with Gasteiger partial charge in [-0.25, -0.2) is 0 Å². The molecule has 0 aliphatic rings. The molecule has 78 valence electrons.